The standard InChI is InChI=1S/C12H25N3O/c1-4-7-13-12(16)15(3)10-11-5-8-14(2)9-6-11/h11H,4-10H2,1-3H3,(H,13,16). The molecule has 1 fully saturated rings. The van der Waals surface area contributed by atoms with E-state index in [0.717, 1.165) is 32.6 Å². The van der Waals surface area contributed by atoms with Crippen molar-refractivity contribution in [2.24, 2.45) is 5.92 Å². The lowest BCUT2D eigenvalue weighted by molar-refractivity contribution is 0.170. The molecule has 0 atom stereocenters. The summed E-state index contributed by atoms with van der Waals surface area (Å²) in [6.45, 7) is 6.06. The third kappa shape index (κ3) is 4.39. The van der Waals surface area contributed by atoms with Crippen molar-refractivity contribution in [1.29, 1.82) is 0 Å². The van der Waals surface area contributed by atoms with Crippen molar-refractivity contribution in [3.63, 3.8) is 0 Å². The van der Waals surface area contributed by atoms with E-state index >= 15 is 0 Å². The molecule has 1 saturated heterocycles. The molecule has 16 heavy (non-hydrogen) atoms. The van der Waals surface area contributed by atoms with Crippen LogP contribution in [0.25, 0.3) is 0 Å². The first-order valence-electron chi connectivity index (χ1n) is 6.31. The van der Waals surface area contributed by atoms with E-state index in [0.29, 0.717) is 5.92 Å². The summed E-state index contributed by atoms with van der Waals surface area (Å²) in [6.07, 6.45) is 3.41. The molecule has 0 aromatic rings. The molecule has 1 rings (SSSR count). The van der Waals surface area contributed by atoms with Gasteiger partial charge >= 0.3 is 6.03 Å². The number of likely N-dealkylation sites (tertiary alicyclic amines) is 1. The van der Waals surface area contributed by atoms with Gasteiger partial charge in [-0.3, -0.25) is 0 Å². The minimum Gasteiger partial charge on any atom is -0.338 e. The first-order chi connectivity index (χ1) is 7.63. The summed E-state index contributed by atoms with van der Waals surface area (Å²) in [7, 11) is 4.05. The minimum absolute atomic E-state index is 0.0702. The van der Waals surface area contributed by atoms with Gasteiger partial charge in [0.25, 0.3) is 0 Å². The summed E-state index contributed by atoms with van der Waals surface area (Å²) in [6, 6.07) is 0.0702. The summed E-state index contributed by atoms with van der Waals surface area (Å²) in [5, 5.41) is 2.91. The second kappa shape index (κ2) is 6.74. The zero-order chi connectivity index (χ0) is 12.0. The molecule has 1 N–H and O–H groups in total. The molecule has 1 heterocycles. The average molecular weight is 227 g/mol. The van der Waals surface area contributed by atoms with Crippen molar-refractivity contribution in [2.45, 2.75) is 26.2 Å². The normalized spacial score (nSPS) is 18.4. The zero-order valence-corrected chi connectivity index (χ0v) is 10.8. The molecule has 0 aromatic carbocycles. The summed E-state index contributed by atoms with van der Waals surface area (Å²) in [5.41, 5.74) is 0. The van der Waals surface area contributed by atoms with Crippen molar-refractivity contribution in [1.82, 2.24) is 15.1 Å². The summed E-state index contributed by atoms with van der Waals surface area (Å²) in [5.74, 6) is 0.675. The largest absolute Gasteiger partial charge is 0.338 e. The fraction of sp³-hybridized carbons (Fsp3) is 0.917. The van der Waals surface area contributed by atoms with Gasteiger partial charge in [0, 0.05) is 20.1 Å². The van der Waals surface area contributed by atoms with Gasteiger partial charge in [0.05, 0.1) is 0 Å². The van der Waals surface area contributed by atoms with E-state index in [1.54, 1.807) is 0 Å². The quantitative estimate of drug-likeness (QED) is 0.787. The third-order valence-corrected chi connectivity index (χ3v) is 3.24. The van der Waals surface area contributed by atoms with Gasteiger partial charge in [-0.2, -0.15) is 0 Å². The van der Waals surface area contributed by atoms with E-state index in [1.165, 1.54) is 12.8 Å². The van der Waals surface area contributed by atoms with Crippen LogP contribution in [0.4, 0.5) is 4.79 Å². The second-order valence-electron chi connectivity index (χ2n) is 4.86. The molecular formula is C12H25N3O. The van der Waals surface area contributed by atoms with E-state index in [4.69, 9.17) is 0 Å². The van der Waals surface area contributed by atoms with Crippen LogP contribution in [0, 0.1) is 5.92 Å². The summed E-state index contributed by atoms with van der Waals surface area (Å²) >= 11 is 0. The molecule has 0 aliphatic carbocycles. The van der Waals surface area contributed by atoms with Crippen LogP contribution in [0.2, 0.25) is 0 Å². The topological polar surface area (TPSA) is 35.6 Å². The van der Waals surface area contributed by atoms with E-state index in [9.17, 15) is 4.79 Å². The van der Waals surface area contributed by atoms with Crippen LogP contribution in [0.1, 0.15) is 26.2 Å². The number of nitrogens with zero attached hydrogens (tertiary/aromatic N) is 2. The SMILES string of the molecule is CCCNC(=O)N(C)CC1CCN(C)CC1. The van der Waals surface area contributed by atoms with Crippen molar-refractivity contribution in [2.75, 3.05) is 40.3 Å². The number of urea groups is 1. The molecule has 0 saturated carbocycles. The molecule has 0 spiro atoms. The zero-order valence-electron chi connectivity index (χ0n) is 10.8. The number of rotatable bonds is 4. The number of carbonyl (C=O) groups excluding carboxylic acids is 1. The van der Waals surface area contributed by atoms with Gasteiger partial charge in [-0.1, -0.05) is 6.92 Å². The highest BCUT2D eigenvalue weighted by Crippen LogP contribution is 2.16. The second-order valence-corrected chi connectivity index (χ2v) is 4.86. The summed E-state index contributed by atoms with van der Waals surface area (Å²) in [4.78, 5) is 15.8. The fourth-order valence-electron chi connectivity index (χ4n) is 2.08. The molecule has 94 valence electrons. The Balaban J connectivity index is 2.22. The van der Waals surface area contributed by atoms with Crippen molar-refractivity contribution >= 4 is 6.03 Å². The first kappa shape index (κ1) is 13.3. The number of carbonyl (C=O) groups is 1. The van der Waals surface area contributed by atoms with E-state index in [-0.39, 0.29) is 6.03 Å². The highest BCUT2D eigenvalue weighted by molar-refractivity contribution is 5.73. The van der Waals surface area contributed by atoms with Crippen molar-refractivity contribution in [3.05, 3.63) is 0 Å². The van der Waals surface area contributed by atoms with E-state index < -0.39 is 0 Å². The number of nitrogens with one attached hydrogen (secondary N) is 1. The Morgan fingerprint density at radius 1 is 1.44 bits per heavy atom. The highest BCUT2D eigenvalue weighted by Gasteiger charge is 2.19. The van der Waals surface area contributed by atoms with Crippen LogP contribution in [-0.2, 0) is 0 Å². The summed E-state index contributed by atoms with van der Waals surface area (Å²) < 4.78 is 0. The number of hydrogen-bond acceptors (Lipinski definition) is 2. The van der Waals surface area contributed by atoms with E-state index in [2.05, 4.69) is 24.2 Å². The van der Waals surface area contributed by atoms with Gasteiger partial charge in [-0.05, 0) is 45.3 Å². The molecule has 2 amide bonds. The Hall–Kier alpha value is -0.770. The van der Waals surface area contributed by atoms with Gasteiger partial charge in [0.15, 0.2) is 0 Å². The van der Waals surface area contributed by atoms with Gasteiger partial charge in [0.2, 0.25) is 0 Å². The molecule has 0 radical (unpaired) electrons. The third-order valence-electron chi connectivity index (χ3n) is 3.24. The molecule has 4 nitrogen and oxygen atoms in total. The average Bonchev–Trinajstić information content (AvgIpc) is 2.29. The Morgan fingerprint density at radius 3 is 2.62 bits per heavy atom. The molecule has 1 aliphatic heterocycles. The highest BCUT2D eigenvalue weighted by atomic mass is 16.2. The minimum atomic E-state index is 0.0702. The molecule has 0 bridgehead atoms. The van der Waals surface area contributed by atoms with E-state index in [1.807, 2.05) is 11.9 Å². The first-order valence-corrected chi connectivity index (χ1v) is 6.31. The molecule has 0 aromatic heterocycles. The fourth-order valence-corrected chi connectivity index (χ4v) is 2.08. The molecule has 1 aliphatic rings. The lowest BCUT2D eigenvalue weighted by atomic mass is 9.97. The predicted molar refractivity (Wildman–Crippen MR) is 66.5 cm³/mol. The molecular weight excluding hydrogens is 202 g/mol. The van der Waals surface area contributed by atoms with Crippen LogP contribution in [0.15, 0.2) is 0 Å². The number of amides is 2. The van der Waals surface area contributed by atoms with Crippen molar-refractivity contribution < 1.29 is 4.79 Å². The van der Waals surface area contributed by atoms with Crippen LogP contribution >= 0.6 is 0 Å². The van der Waals surface area contributed by atoms with Gasteiger partial charge in [-0.25, -0.2) is 4.79 Å². The predicted octanol–water partition coefficient (Wildman–Crippen LogP) is 1.38. The van der Waals surface area contributed by atoms with Crippen LogP contribution < -0.4 is 5.32 Å². The number of hydrogen-bond donors (Lipinski definition) is 1. The Bertz CT molecular complexity index is 212. The van der Waals surface area contributed by atoms with Gasteiger partial charge < -0.3 is 15.1 Å². The van der Waals surface area contributed by atoms with Gasteiger partial charge in [-0.15, -0.1) is 0 Å². The smallest absolute Gasteiger partial charge is 0.317 e. The monoisotopic (exact) mass is 227 g/mol. The maximum atomic E-state index is 11.6. The van der Waals surface area contributed by atoms with Crippen LogP contribution in [0.5, 0.6) is 0 Å². The lowest BCUT2D eigenvalue weighted by Gasteiger charge is -2.31. The Morgan fingerprint density at radius 2 is 2.06 bits per heavy atom. The number of piperidine rings is 1. The Kier molecular flexibility index (Phi) is 5.60. The van der Waals surface area contributed by atoms with Crippen LogP contribution in [-0.4, -0.2) is 56.1 Å². The van der Waals surface area contributed by atoms with Crippen molar-refractivity contribution in [3.8, 4) is 0 Å². The maximum absolute atomic E-state index is 11.6. The molecule has 4 heteroatoms. The lowest BCUT2D eigenvalue weighted by Crippen LogP contribution is -2.42. The van der Waals surface area contributed by atoms with Crippen LogP contribution in [0.3, 0.4) is 0 Å². The Labute approximate surface area is 99.0 Å². The maximum Gasteiger partial charge on any atom is 0.317 e. The molecule has 0 unspecified atom stereocenters. The van der Waals surface area contributed by atoms with Gasteiger partial charge in [0.1, 0.15) is 0 Å².